The first-order chi connectivity index (χ1) is 10.0. The molecule has 0 radical (unpaired) electrons. The number of alkyl halides is 6. The van der Waals surface area contributed by atoms with Crippen LogP contribution in [-0.2, 0) is 4.29 Å². The molecule has 0 fully saturated rings. The summed E-state index contributed by atoms with van der Waals surface area (Å²) in [7, 11) is 0. The molecule has 0 amide bonds. The van der Waals surface area contributed by atoms with Crippen molar-refractivity contribution in [3.05, 3.63) is 47.5 Å². The second-order valence-corrected chi connectivity index (χ2v) is 18.1. The van der Waals surface area contributed by atoms with E-state index in [-0.39, 0.29) is 0 Å². The van der Waals surface area contributed by atoms with E-state index < -0.39 is 4.29 Å². The third-order valence-electron chi connectivity index (χ3n) is 3.05. The van der Waals surface area contributed by atoms with Crippen molar-refractivity contribution in [1.82, 2.24) is 0 Å². The van der Waals surface area contributed by atoms with E-state index in [2.05, 4.69) is 95.6 Å². The summed E-state index contributed by atoms with van der Waals surface area (Å²) in [6, 6.07) is 11.5. The lowest BCUT2D eigenvalue weighted by atomic mass is 9.95. The van der Waals surface area contributed by atoms with Gasteiger partial charge in [-0.15, -0.1) is 0 Å². The lowest BCUT2D eigenvalue weighted by Gasteiger charge is -2.25. The molecule has 0 heterocycles. The summed E-state index contributed by atoms with van der Waals surface area (Å²) in [4.78, 5) is 0. The highest BCUT2D eigenvalue weighted by Gasteiger charge is 2.32. The Morgan fingerprint density at radius 3 is 1.18 bits per heavy atom. The number of anilines is 2. The Kier molecular flexibility index (Phi) is 6.16. The van der Waals surface area contributed by atoms with Gasteiger partial charge in [-0.05, 0) is 23.3 Å². The summed E-state index contributed by atoms with van der Waals surface area (Å²) in [5.41, 5.74) is 17.3. The van der Waals surface area contributed by atoms with Crippen molar-refractivity contribution in [2.75, 3.05) is 11.5 Å². The van der Waals surface area contributed by atoms with Crippen molar-refractivity contribution in [2.24, 2.45) is 0 Å². The first-order valence-corrected chi connectivity index (χ1v) is 10.7. The van der Waals surface area contributed by atoms with Gasteiger partial charge in [0, 0.05) is 22.5 Å². The smallest absolute Gasteiger partial charge is 0.162 e. The number of rotatable bonds is 1. The zero-order chi connectivity index (χ0) is 16.7. The predicted octanol–water partition coefficient (Wildman–Crippen LogP) is 7.11. The number of benzene rings is 2. The van der Waals surface area contributed by atoms with Gasteiger partial charge in [-0.3, -0.25) is 0 Å². The van der Waals surface area contributed by atoms with E-state index in [0.717, 1.165) is 22.3 Å². The lowest BCUT2D eigenvalue weighted by molar-refractivity contribution is 1.32. The quantitative estimate of drug-likeness (QED) is 0.249. The van der Waals surface area contributed by atoms with Crippen LogP contribution in [0.1, 0.15) is 11.1 Å². The van der Waals surface area contributed by atoms with Crippen molar-refractivity contribution >= 4 is 107 Å². The van der Waals surface area contributed by atoms with Gasteiger partial charge >= 0.3 is 0 Å². The molecule has 0 aliphatic heterocycles. The van der Waals surface area contributed by atoms with Crippen LogP contribution in [0.4, 0.5) is 11.4 Å². The highest BCUT2D eigenvalue weighted by Crippen LogP contribution is 2.54. The van der Waals surface area contributed by atoms with E-state index in [9.17, 15) is 0 Å². The second-order valence-electron chi connectivity index (χ2n) is 4.54. The molecule has 0 aliphatic rings. The summed E-state index contributed by atoms with van der Waals surface area (Å²) in [6.45, 7) is 0. The number of halogens is 6. The molecule has 0 spiro atoms. The minimum Gasteiger partial charge on any atom is -0.398 e. The van der Waals surface area contributed by atoms with E-state index in [0.29, 0.717) is 11.4 Å². The molecule has 8 heteroatoms. The Morgan fingerprint density at radius 1 is 0.591 bits per heavy atom. The second kappa shape index (κ2) is 7.04. The summed E-state index contributed by atoms with van der Waals surface area (Å²) >= 11 is 21.4. The van der Waals surface area contributed by atoms with Crippen LogP contribution in [0.25, 0.3) is 11.1 Å². The maximum absolute atomic E-state index is 6.19. The van der Waals surface area contributed by atoms with Crippen LogP contribution < -0.4 is 11.5 Å². The van der Waals surface area contributed by atoms with Crippen LogP contribution >= 0.6 is 95.6 Å². The van der Waals surface area contributed by atoms with Crippen molar-refractivity contribution in [3.63, 3.8) is 0 Å². The predicted molar refractivity (Wildman–Crippen MR) is 118 cm³/mol. The van der Waals surface area contributed by atoms with Crippen molar-refractivity contribution in [1.29, 1.82) is 0 Å². The molecular weight excluding hydrogens is 676 g/mol. The van der Waals surface area contributed by atoms with Crippen LogP contribution in [-0.4, -0.2) is 0 Å². The molecule has 2 nitrogen and oxygen atoms in total. The topological polar surface area (TPSA) is 52.0 Å². The third kappa shape index (κ3) is 4.11. The standard InChI is InChI=1S/C14H10Br6N2/c15-13(16,17)11-7(3-1-5-9(11)21)8-4-2-6-10(22)12(8)14(18,19)20/h1-6H,21-22H2. The third-order valence-corrected chi connectivity index (χ3v) is 5.43. The van der Waals surface area contributed by atoms with E-state index in [1.165, 1.54) is 0 Å². The van der Waals surface area contributed by atoms with Crippen molar-refractivity contribution in [3.8, 4) is 11.1 Å². The molecule has 2 rings (SSSR count). The fourth-order valence-corrected chi connectivity index (χ4v) is 4.88. The number of hydrogen-bond acceptors (Lipinski definition) is 2. The average Bonchev–Trinajstić information content (AvgIpc) is 2.35. The first kappa shape index (κ1) is 19.2. The number of nitrogen functional groups attached to an aromatic ring is 2. The Bertz CT molecular complexity index is 642. The Balaban J connectivity index is 2.86. The van der Waals surface area contributed by atoms with Gasteiger partial charge in [0.2, 0.25) is 0 Å². The molecule has 2 aromatic carbocycles. The Morgan fingerprint density at radius 2 is 0.909 bits per heavy atom. The van der Waals surface area contributed by atoms with Gasteiger partial charge in [-0.25, -0.2) is 0 Å². The molecule has 0 saturated carbocycles. The SMILES string of the molecule is Nc1cccc(-c2cccc(N)c2C(Br)(Br)Br)c1C(Br)(Br)Br. The normalized spacial score (nSPS) is 12.5. The molecule has 4 N–H and O–H groups in total. The summed E-state index contributed by atoms with van der Waals surface area (Å²) in [5.74, 6) is 0. The van der Waals surface area contributed by atoms with Gasteiger partial charge in [0.1, 0.15) is 0 Å². The highest BCUT2D eigenvalue weighted by molar-refractivity contribution is 9.39. The fourth-order valence-electron chi connectivity index (χ4n) is 2.22. The molecule has 0 bridgehead atoms. The maximum Gasteiger partial charge on any atom is 0.162 e. The van der Waals surface area contributed by atoms with E-state index >= 15 is 0 Å². The van der Waals surface area contributed by atoms with Crippen molar-refractivity contribution < 1.29 is 0 Å². The molecule has 2 aromatic rings. The molecule has 0 unspecified atom stereocenters. The molecule has 0 atom stereocenters. The van der Waals surface area contributed by atoms with Crippen LogP contribution in [0.5, 0.6) is 0 Å². The fraction of sp³-hybridized carbons (Fsp3) is 0.143. The van der Waals surface area contributed by atoms with E-state index in [1.807, 2.05) is 36.4 Å². The first-order valence-electron chi connectivity index (χ1n) is 5.95. The monoisotopic (exact) mass is 680 g/mol. The van der Waals surface area contributed by atoms with Crippen LogP contribution in [0, 0.1) is 0 Å². The van der Waals surface area contributed by atoms with Crippen LogP contribution in [0.15, 0.2) is 36.4 Å². The van der Waals surface area contributed by atoms with Crippen molar-refractivity contribution in [2.45, 2.75) is 4.29 Å². The van der Waals surface area contributed by atoms with Crippen LogP contribution in [0.3, 0.4) is 0 Å². The summed E-state index contributed by atoms with van der Waals surface area (Å²) < 4.78 is -1.27. The summed E-state index contributed by atoms with van der Waals surface area (Å²) in [5, 5.41) is 0. The number of nitrogens with two attached hydrogens (primary N) is 2. The van der Waals surface area contributed by atoms with Gasteiger partial charge in [0.15, 0.2) is 4.29 Å². The zero-order valence-corrected chi connectivity index (χ0v) is 20.4. The van der Waals surface area contributed by atoms with Gasteiger partial charge in [-0.2, -0.15) is 0 Å². The molecule has 0 aromatic heterocycles. The van der Waals surface area contributed by atoms with Crippen LogP contribution in [0.2, 0.25) is 0 Å². The maximum atomic E-state index is 6.19. The Hall–Kier alpha value is 0.920. The molecule has 0 saturated heterocycles. The largest absolute Gasteiger partial charge is 0.398 e. The van der Waals surface area contributed by atoms with E-state index in [1.54, 1.807) is 0 Å². The molecule has 118 valence electrons. The van der Waals surface area contributed by atoms with Gasteiger partial charge in [0.25, 0.3) is 0 Å². The van der Waals surface area contributed by atoms with Gasteiger partial charge < -0.3 is 11.5 Å². The van der Waals surface area contributed by atoms with Gasteiger partial charge in [0.05, 0.1) is 0 Å². The minimum absolute atomic E-state index is 0.636. The van der Waals surface area contributed by atoms with Gasteiger partial charge in [-0.1, -0.05) is 120 Å². The molecular formula is C14H10Br6N2. The number of hydrogen-bond donors (Lipinski definition) is 2. The zero-order valence-electron chi connectivity index (χ0n) is 10.9. The molecule has 22 heavy (non-hydrogen) atoms. The summed E-state index contributed by atoms with van der Waals surface area (Å²) in [6.07, 6.45) is 0. The lowest BCUT2D eigenvalue weighted by Crippen LogP contribution is -2.10. The molecule has 0 aliphatic carbocycles. The minimum atomic E-state index is -0.636. The Labute approximate surface area is 179 Å². The van der Waals surface area contributed by atoms with E-state index in [4.69, 9.17) is 11.5 Å². The highest BCUT2D eigenvalue weighted by atomic mass is 80.0. The average molecular weight is 686 g/mol.